The van der Waals surface area contributed by atoms with Gasteiger partial charge in [-0.2, -0.15) is 0 Å². The van der Waals surface area contributed by atoms with Gasteiger partial charge in [-0.15, -0.1) is 0 Å². The molecule has 0 spiro atoms. The number of rotatable bonds is 5. The molecule has 2 N–H and O–H groups in total. The SMILES string of the molecule is CCC[C@H](N)C(=O)N1CCCC1Cc1ccccc1. The smallest absolute Gasteiger partial charge is 0.239 e. The second kappa shape index (κ2) is 6.71. The summed E-state index contributed by atoms with van der Waals surface area (Å²) in [5.41, 5.74) is 7.27. The Bertz CT molecular complexity index is 404. The Balaban J connectivity index is 1.99. The maximum atomic E-state index is 12.3. The first-order valence-electron chi connectivity index (χ1n) is 7.32. The predicted octanol–water partition coefficient (Wildman–Crippen LogP) is 2.35. The molecule has 0 aliphatic carbocycles. The first kappa shape index (κ1) is 14.1. The Hall–Kier alpha value is -1.35. The fraction of sp³-hybridized carbons (Fsp3) is 0.562. The fourth-order valence-corrected chi connectivity index (χ4v) is 2.87. The van der Waals surface area contributed by atoms with Crippen LogP contribution in [0, 0.1) is 0 Å². The van der Waals surface area contributed by atoms with Crippen LogP contribution in [0.25, 0.3) is 0 Å². The van der Waals surface area contributed by atoms with Crippen molar-refractivity contribution in [2.75, 3.05) is 6.54 Å². The van der Waals surface area contributed by atoms with E-state index in [0.29, 0.717) is 6.04 Å². The zero-order chi connectivity index (χ0) is 13.7. The molecule has 2 atom stereocenters. The van der Waals surface area contributed by atoms with Crippen LogP contribution in [0.3, 0.4) is 0 Å². The van der Waals surface area contributed by atoms with Crippen LogP contribution in [-0.2, 0) is 11.2 Å². The van der Waals surface area contributed by atoms with Gasteiger partial charge in [0.25, 0.3) is 0 Å². The molecule has 3 heteroatoms. The van der Waals surface area contributed by atoms with Crippen molar-refractivity contribution in [2.45, 2.75) is 51.1 Å². The van der Waals surface area contributed by atoms with Crippen molar-refractivity contribution in [1.29, 1.82) is 0 Å². The van der Waals surface area contributed by atoms with E-state index in [2.05, 4.69) is 31.2 Å². The van der Waals surface area contributed by atoms with Crippen LogP contribution >= 0.6 is 0 Å². The van der Waals surface area contributed by atoms with Crippen LogP contribution in [0.15, 0.2) is 30.3 Å². The number of amides is 1. The summed E-state index contributed by atoms with van der Waals surface area (Å²) in [5.74, 6) is 0.139. The Morgan fingerprint density at radius 1 is 1.42 bits per heavy atom. The largest absolute Gasteiger partial charge is 0.338 e. The second-order valence-electron chi connectivity index (χ2n) is 5.41. The average molecular weight is 260 g/mol. The molecule has 1 amide bonds. The van der Waals surface area contributed by atoms with Crippen LogP contribution in [0.2, 0.25) is 0 Å². The van der Waals surface area contributed by atoms with Crippen molar-refractivity contribution in [1.82, 2.24) is 4.90 Å². The molecule has 0 saturated carbocycles. The minimum Gasteiger partial charge on any atom is -0.338 e. The number of nitrogens with two attached hydrogens (primary N) is 1. The molecule has 1 aliphatic heterocycles. The molecule has 0 aromatic heterocycles. The summed E-state index contributed by atoms with van der Waals surface area (Å²) in [6.07, 6.45) is 4.89. The van der Waals surface area contributed by atoms with Crippen molar-refractivity contribution in [3.05, 3.63) is 35.9 Å². The molecule has 19 heavy (non-hydrogen) atoms. The number of hydrogen-bond acceptors (Lipinski definition) is 2. The highest BCUT2D eigenvalue weighted by atomic mass is 16.2. The van der Waals surface area contributed by atoms with E-state index in [1.165, 1.54) is 5.56 Å². The van der Waals surface area contributed by atoms with E-state index in [-0.39, 0.29) is 11.9 Å². The van der Waals surface area contributed by atoms with Crippen molar-refractivity contribution in [3.63, 3.8) is 0 Å². The first-order chi connectivity index (χ1) is 9.22. The van der Waals surface area contributed by atoms with E-state index in [4.69, 9.17) is 5.73 Å². The highest BCUT2D eigenvalue weighted by Gasteiger charge is 2.31. The minimum absolute atomic E-state index is 0.139. The van der Waals surface area contributed by atoms with Gasteiger partial charge in [-0.1, -0.05) is 43.7 Å². The van der Waals surface area contributed by atoms with E-state index in [9.17, 15) is 4.79 Å². The van der Waals surface area contributed by atoms with Gasteiger partial charge in [0.15, 0.2) is 0 Å². The molecular formula is C16H24N2O. The highest BCUT2D eigenvalue weighted by molar-refractivity contribution is 5.82. The van der Waals surface area contributed by atoms with Gasteiger partial charge >= 0.3 is 0 Å². The third-order valence-corrected chi connectivity index (χ3v) is 3.89. The van der Waals surface area contributed by atoms with Crippen LogP contribution in [0.5, 0.6) is 0 Å². The second-order valence-corrected chi connectivity index (χ2v) is 5.41. The molecule has 3 nitrogen and oxygen atoms in total. The van der Waals surface area contributed by atoms with Gasteiger partial charge in [-0.3, -0.25) is 4.79 Å². The van der Waals surface area contributed by atoms with Gasteiger partial charge in [-0.05, 0) is 31.2 Å². The Labute approximate surface area is 115 Å². The van der Waals surface area contributed by atoms with Crippen molar-refractivity contribution >= 4 is 5.91 Å². The minimum atomic E-state index is -0.318. The van der Waals surface area contributed by atoms with E-state index < -0.39 is 0 Å². The summed E-state index contributed by atoms with van der Waals surface area (Å²) in [6, 6.07) is 10.4. The maximum absolute atomic E-state index is 12.3. The zero-order valence-corrected chi connectivity index (χ0v) is 11.7. The molecule has 1 saturated heterocycles. The lowest BCUT2D eigenvalue weighted by atomic mass is 10.0. The van der Waals surface area contributed by atoms with E-state index in [0.717, 1.165) is 38.6 Å². The lowest BCUT2D eigenvalue weighted by molar-refractivity contribution is -0.133. The molecule has 1 aromatic rings. The number of likely N-dealkylation sites (tertiary alicyclic amines) is 1. The molecular weight excluding hydrogens is 236 g/mol. The average Bonchev–Trinajstić information content (AvgIpc) is 2.87. The van der Waals surface area contributed by atoms with Crippen molar-refractivity contribution in [3.8, 4) is 0 Å². The van der Waals surface area contributed by atoms with Crippen LogP contribution in [-0.4, -0.2) is 29.4 Å². The molecule has 2 rings (SSSR count). The third kappa shape index (κ3) is 3.57. The summed E-state index contributed by atoms with van der Waals surface area (Å²) >= 11 is 0. The first-order valence-corrected chi connectivity index (χ1v) is 7.32. The van der Waals surface area contributed by atoms with Crippen molar-refractivity contribution in [2.24, 2.45) is 5.73 Å². The monoisotopic (exact) mass is 260 g/mol. The fourth-order valence-electron chi connectivity index (χ4n) is 2.87. The van der Waals surface area contributed by atoms with Gasteiger partial charge in [0.1, 0.15) is 0 Å². The summed E-state index contributed by atoms with van der Waals surface area (Å²) in [5, 5.41) is 0. The zero-order valence-electron chi connectivity index (χ0n) is 11.7. The van der Waals surface area contributed by atoms with Crippen molar-refractivity contribution < 1.29 is 4.79 Å². The van der Waals surface area contributed by atoms with Gasteiger partial charge in [0, 0.05) is 12.6 Å². The predicted molar refractivity (Wildman–Crippen MR) is 77.8 cm³/mol. The Morgan fingerprint density at radius 3 is 2.84 bits per heavy atom. The number of hydrogen-bond donors (Lipinski definition) is 1. The molecule has 1 unspecified atom stereocenters. The van der Waals surface area contributed by atoms with Gasteiger partial charge in [0.2, 0.25) is 5.91 Å². The molecule has 1 aromatic carbocycles. The van der Waals surface area contributed by atoms with Crippen LogP contribution < -0.4 is 5.73 Å². The van der Waals surface area contributed by atoms with Gasteiger partial charge < -0.3 is 10.6 Å². The number of nitrogens with zero attached hydrogens (tertiary/aromatic N) is 1. The number of carbonyl (C=O) groups excluding carboxylic acids is 1. The Kier molecular flexibility index (Phi) is 4.97. The summed E-state index contributed by atoms with van der Waals surface area (Å²) < 4.78 is 0. The molecule has 1 fully saturated rings. The highest BCUT2D eigenvalue weighted by Crippen LogP contribution is 2.22. The van der Waals surface area contributed by atoms with E-state index in [1.54, 1.807) is 0 Å². The third-order valence-electron chi connectivity index (χ3n) is 3.89. The van der Waals surface area contributed by atoms with Crippen LogP contribution in [0.4, 0.5) is 0 Å². The maximum Gasteiger partial charge on any atom is 0.239 e. The molecule has 0 bridgehead atoms. The molecule has 1 heterocycles. The number of carbonyl (C=O) groups is 1. The van der Waals surface area contributed by atoms with E-state index in [1.807, 2.05) is 11.0 Å². The lowest BCUT2D eigenvalue weighted by Gasteiger charge is -2.27. The lowest BCUT2D eigenvalue weighted by Crippen LogP contribution is -2.46. The molecule has 0 radical (unpaired) electrons. The quantitative estimate of drug-likeness (QED) is 0.883. The Morgan fingerprint density at radius 2 is 2.16 bits per heavy atom. The topological polar surface area (TPSA) is 46.3 Å². The van der Waals surface area contributed by atoms with Gasteiger partial charge in [-0.25, -0.2) is 0 Å². The van der Waals surface area contributed by atoms with Crippen LogP contribution in [0.1, 0.15) is 38.2 Å². The molecule has 1 aliphatic rings. The summed E-state index contributed by atoms with van der Waals surface area (Å²) in [6.45, 7) is 2.94. The summed E-state index contributed by atoms with van der Waals surface area (Å²) in [4.78, 5) is 14.3. The summed E-state index contributed by atoms with van der Waals surface area (Å²) in [7, 11) is 0. The van der Waals surface area contributed by atoms with E-state index >= 15 is 0 Å². The molecule has 104 valence electrons. The van der Waals surface area contributed by atoms with Gasteiger partial charge in [0.05, 0.1) is 6.04 Å². The standard InChI is InChI=1S/C16H24N2O/c1-2-7-15(17)16(19)18-11-6-10-14(18)12-13-8-4-3-5-9-13/h3-5,8-9,14-15H,2,6-7,10-12,17H2,1H3/t14?,15-/m0/s1. The number of benzene rings is 1. The normalized spacial score (nSPS) is 20.5.